The molecule has 0 spiro atoms. The molecule has 1 aliphatic heterocycles. The third-order valence-corrected chi connectivity index (χ3v) is 7.28. The molecule has 3 heterocycles. The first-order valence-corrected chi connectivity index (χ1v) is 11.3. The molecule has 4 rings (SSSR count). The Balaban J connectivity index is 1.67. The average Bonchev–Trinajstić information content (AvgIpc) is 3.33. The number of rotatable bonds is 5. The first kappa shape index (κ1) is 19.8. The second-order valence-corrected chi connectivity index (χ2v) is 9.63. The van der Waals surface area contributed by atoms with Crippen molar-refractivity contribution in [2.75, 3.05) is 6.54 Å². The van der Waals surface area contributed by atoms with Gasteiger partial charge in [0.15, 0.2) is 5.03 Å². The number of aromatic nitrogens is 3. The van der Waals surface area contributed by atoms with Gasteiger partial charge in [-0.2, -0.15) is 4.31 Å². The van der Waals surface area contributed by atoms with Crippen LogP contribution in [-0.4, -0.2) is 33.8 Å². The second kappa shape index (κ2) is 7.72. The van der Waals surface area contributed by atoms with E-state index in [9.17, 15) is 8.42 Å². The minimum Gasteiger partial charge on any atom is -0.339 e. The largest absolute Gasteiger partial charge is 0.339 e. The fourth-order valence-corrected chi connectivity index (χ4v) is 5.67. The molecule has 7 heteroatoms. The normalized spacial score (nSPS) is 17.7. The van der Waals surface area contributed by atoms with Gasteiger partial charge in [0, 0.05) is 25.5 Å². The molecule has 3 aromatic rings. The Labute approximate surface area is 172 Å². The Kier molecular flexibility index (Phi) is 5.27. The van der Waals surface area contributed by atoms with E-state index in [1.807, 2.05) is 13.0 Å². The summed E-state index contributed by atoms with van der Waals surface area (Å²) in [6, 6.07) is 12.2. The van der Waals surface area contributed by atoms with Crippen molar-refractivity contribution < 1.29 is 8.42 Å². The molecular formula is C22H26N4O2S. The lowest BCUT2D eigenvalue weighted by atomic mass is 9.99. The van der Waals surface area contributed by atoms with E-state index in [1.165, 1.54) is 17.5 Å². The topological polar surface area (TPSA) is 68.1 Å². The van der Waals surface area contributed by atoms with Gasteiger partial charge in [-0.05, 0) is 61.9 Å². The molecular weight excluding hydrogens is 384 g/mol. The molecule has 6 nitrogen and oxygen atoms in total. The molecule has 0 radical (unpaired) electrons. The van der Waals surface area contributed by atoms with Crippen LogP contribution in [0.2, 0.25) is 0 Å². The van der Waals surface area contributed by atoms with Crippen LogP contribution in [0.1, 0.15) is 47.0 Å². The summed E-state index contributed by atoms with van der Waals surface area (Å²) in [4.78, 5) is 8.78. The maximum atomic E-state index is 13.2. The molecule has 1 aromatic carbocycles. The molecule has 0 N–H and O–H groups in total. The monoisotopic (exact) mass is 410 g/mol. The van der Waals surface area contributed by atoms with Crippen LogP contribution < -0.4 is 0 Å². The van der Waals surface area contributed by atoms with E-state index in [2.05, 4.69) is 42.2 Å². The summed E-state index contributed by atoms with van der Waals surface area (Å²) in [6.07, 6.45) is 5.47. The maximum absolute atomic E-state index is 13.2. The zero-order valence-electron chi connectivity index (χ0n) is 17.0. The first-order chi connectivity index (χ1) is 13.8. The lowest BCUT2D eigenvalue weighted by Gasteiger charge is -2.23. The number of aryl methyl sites for hydroxylation is 3. The van der Waals surface area contributed by atoms with Crippen LogP contribution in [0, 0.1) is 13.8 Å². The van der Waals surface area contributed by atoms with Gasteiger partial charge in [0.1, 0.15) is 0 Å². The fourth-order valence-electron chi connectivity index (χ4n) is 4.03. The molecule has 29 heavy (non-hydrogen) atoms. The highest BCUT2D eigenvalue weighted by molar-refractivity contribution is 7.89. The van der Waals surface area contributed by atoms with E-state index in [0.29, 0.717) is 6.54 Å². The summed E-state index contributed by atoms with van der Waals surface area (Å²) < 4.78 is 29.5. The Morgan fingerprint density at radius 3 is 2.69 bits per heavy atom. The fraction of sp³-hybridized carbons (Fsp3) is 0.364. The molecule has 0 bridgehead atoms. The van der Waals surface area contributed by atoms with Crippen LogP contribution in [0.5, 0.6) is 0 Å². The quantitative estimate of drug-likeness (QED) is 0.645. The molecule has 0 aliphatic carbocycles. The molecule has 0 saturated carbocycles. The van der Waals surface area contributed by atoms with Gasteiger partial charge >= 0.3 is 0 Å². The minimum atomic E-state index is -3.65. The number of nitrogens with zero attached hydrogens (tertiary/aromatic N) is 4. The zero-order valence-corrected chi connectivity index (χ0v) is 17.9. The predicted molar refractivity (Wildman–Crippen MR) is 112 cm³/mol. The summed E-state index contributed by atoms with van der Waals surface area (Å²) >= 11 is 0. The van der Waals surface area contributed by atoms with Gasteiger partial charge in [-0.1, -0.05) is 24.3 Å². The first-order valence-electron chi connectivity index (χ1n) is 9.86. The highest BCUT2D eigenvalue weighted by Gasteiger charge is 2.38. The Bertz CT molecular complexity index is 1140. The smallest absolute Gasteiger partial charge is 0.262 e. The number of hydrogen-bond donors (Lipinski definition) is 0. The van der Waals surface area contributed by atoms with Gasteiger partial charge in [-0.3, -0.25) is 4.98 Å². The van der Waals surface area contributed by atoms with Crippen molar-refractivity contribution in [1.82, 2.24) is 18.8 Å². The zero-order chi connectivity index (χ0) is 20.6. The van der Waals surface area contributed by atoms with Crippen LogP contribution in [0.4, 0.5) is 0 Å². The third-order valence-electron chi connectivity index (χ3n) is 5.49. The lowest BCUT2D eigenvalue weighted by Crippen LogP contribution is -2.31. The Morgan fingerprint density at radius 2 is 1.97 bits per heavy atom. The number of pyridine rings is 1. The van der Waals surface area contributed by atoms with E-state index >= 15 is 0 Å². The number of sulfonamides is 1. The van der Waals surface area contributed by atoms with Crippen LogP contribution >= 0.6 is 0 Å². The lowest BCUT2D eigenvalue weighted by molar-refractivity contribution is 0.388. The van der Waals surface area contributed by atoms with Crippen LogP contribution in [-0.2, 0) is 23.5 Å². The van der Waals surface area contributed by atoms with Gasteiger partial charge in [-0.25, -0.2) is 13.4 Å². The van der Waals surface area contributed by atoms with Crippen molar-refractivity contribution in [1.29, 1.82) is 0 Å². The second-order valence-electron chi connectivity index (χ2n) is 7.80. The van der Waals surface area contributed by atoms with E-state index in [4.69, 9.17) is 4.98 Å². The van der Waals surface area contributed by atoms with Crippen LogP contribution in [0.25, 0.3) is 0 Å². The summed E-state index contributed by atoms with van der Waals surface area (Å²) in [5.74, 6) is 0. The SMILES string of the molecule is Cc1cc(Cc2ccccc2C)cc([C@@H]2CCCN2S(=O)(=O)c2cn(C)cn2)n1. The van der Waals surface area contributed by atoms with Crippen molar-refractivity contribution in [3.8, 4) is 0 Å². The molecule has 1 saturated heterocycles. The minimum absolute atomic E-state index is 0.0969. The van der Waals surface area contributed by atoms with E-state index < -0.39 is 10.0 Å². The van der Waals surface area contributed by atoms with Crippen molar-refractivity contribution in [2.24, 2.45) is 7.05 Å². The standard InChI is InChI=1S/C22H26N4O2S/c1-16-7-4-5-8-19(16)12-18-11-17(2)24-20(13-18)21-9-6-10-26(21)29(27,28)22-14-25(3)15-23-22/h4-5,7-8,11,13-15,21H,6,9-10,12H2,1-3H3/t21-/m0/s1. The number of benzene rings is 1. The van der Waals surface area contributed by atoms with Gasteiger partial charge < -0.3 is 4.57 Å². The van der Waals surface area contributed by atoms with Crippen LogP contribution in [0.3, 0.4) is 0 Å². The van der Waals surface area contributed by atoms with Crippen molar-refractivity contribution >= 4 is 10.0 Å². The molecule has 0 unspecified atom stereocenters. The predicted octanol–water partition coefficient (Wildman–Crippen LogP) is 3.55. The Morgan fingerprint density at radius 1 is 1.17 bits per heavy atom. The Hall–Kier alpha value is -2.51. The summed E-state index contributed by atoms with van der Waals surface area (Å²) in [7, 11) is -1.87. The highest BCUT2D eigenvalue weighted by atomic mass is 32.2. The van der Waals surface area contributed by atoms with E-state index in [1.54, 1.807) is 22.1 Å². The van der Waals surface area contributed by atoms with Gasteiger partial charge in [0.25, 0.3) is 10.0 Å². The molecule has 0 amide bonds. The van der Waals surface area contributed by atoms with E-state index in [-0.39, 0.29) is 11.1 Å². The molecule has 1 aliphatic rings. The summed E-state index contributed by atoms with van der Waals surface area (Å²) in [6.45, 7) is 4.58. The van der Waals surface area contributed by atoms with Crippen LogP contribution in [0.15, 0.2) is 53.9 Å². The van der Waals surface area contributed by atoms with Gasteiger partial charge in [0.2, 0.25) is 0 Å². The average molecular weight is 411 g/mol. The third kappa shape index (κ3) is 3.97. The number of imidazole rings is 1. The number of hydrogen-bond acceptors (Lipinski definition) is 4. The van der Waals surface area contributed by atoms with Crippen molar-refractivity contribution in [3.63, 3.8) is 0 Å². The van der Waals surface area contributed by atoms with E-state index in [0.717, 1.165) is 36.2 Å². The molecule has 152 valence electrons. The van der Waals surface area contributed by atoms with Gasteiger partial charge in [-0.15, -0.1) is 0 Å². The van der Waals surface area contributed by atoms with Crippen molar-refractivity contribution in [3.05, 3.63) is 77.0 Å². The highest BCUT2D eigenvalue weighted by Crippen LogP contribution is 2.36. The molecule has 2 aromatic heterocycles. The molecule has 1 fully saturated rings. The molecule has 1 atom stereocenters. The van der Waals surface area contributed by atoms with Crippen molar-refractivity contribution in [2.45, 2.75) is 44.2 Å². The summed E-state index contributed by atoms with van der Waals surface area (Å²) in [5.41, 5.74) is 5.42. The summed E-state index contributed by atoms with van der Waals surface area (Å²) in [5, 5.41) is 0.0969. The van der Waals surface area contributed by atoms with Gasteiger partial charge in [0.05, 0.1) is 18.1 Å². The maximum Gasteiger partial charge on any atom is 0.262 e.